The molecule has 21 heavy (non-hydrogen) atoms. The van der Waals surface area contributed by atoms with Gasteiger partial charge in [0.1, 0.15) is 0 Å². The van der Waals surface area contributed by atoms with Gasteiger partial charge in [-0.15, -0.1) is 0 Å². The van der Waals surface area contributed by atoms with Gasteiger partial charge in [-0.1, -0.05) is 56.2 Å². The molecule has 0 bridgehead atoms. The predicted molar refractivity (Wildman–Crippen MR) is 85.7 cm³/mol. The average molecular weight is 288 g/mol. The van der Waals surface area contributed by atoms with Gasteiger partial charge < -0.3 is 9.47 Å². The van der Waals surface area contributed by atoms with Gasteiger partial charge in [-0.05, 0) is 30.1 Å². The lowest BCUT2D eigenvalue weighted by atomic mass is 10.0. The summed E-state index contributed by atoms with van der Waals surface area (Å²) < 4.78 is 9.84. The Hall–Kier alpha value is -2.03. The highest BCUT2D eigenvalue weighted by molar-refractivity contribution is 5.87. The number of esters is 1. The van der Waals surface area contributed by atoms with Crippen LogP contribution in [0, 0.1) is 0 Å². The number of allylic oxidation sites excluding steroid dienone is 2. The number of carbonyl (C=O) groups excluding carboxylic acids is 1. The summed E-state index contributed by atoms with van der Waals surface area (Å²) in [5.74, 6) is -0.219. The second-order valence-electron chi connectivity index (χ2n) is 4.79. The number of hydrogen-bond acceptors (Lipinski definition) is 3. The molecule has 0 radical (unpaired) electrons. The molecule has 0 aromatic heterocycles. The first kappa shape index (κ1) is 17.0. The third-order valence-corrected chi connectivity index (χ3v) is 3.14. The quantitative estimate of drug-likeness (QED) is 0.234. The summed E-state index contributed by atoms with van der Waals surface area (Å²) in [4.78, 5) is 11.6. The molecule has 0 fully saturated rings. The monoisotopic (exact) mass is 288 g/mol. The van der Waals surface area contributed by atoms with Gasteiger partial charge in [0.05, 0.1) is 14.2 Å². The van der Waals surface area contributed by atoms with E-state index in [4.69, 9.17) is 9.47 Å². The van der Waals surface area contributed by atoms with Crippen molar-refractivity contribution in [3.8, 4) is 0 Å². The van der Waals surface area contributed by atoms with Crippen molar-refractivity contribution in [3.63, 3.8) is 0 Å². The first-order valence-electron chi connectivity index (χ1n) is 7.30. The van der Waals surface area contributed by atoms with Gasteiger partial charge in [0.2, 0.25) is 5.76 Å². The average Bonchev–Trinajstić information content (AvgIpc) is 2.52. The molecule has 0 aliphatic carbocycles. The first-order chi connectivity index (χ1) is 10.2. The highest BCUT2D eigenvalue weighted by Crippen LogP contribution is 2.17. The van der Waals surface area contributed by atoms with Crippen LogP contribution in [-0.4, -0.2) is 20.2 Å². The molecule has 1 aromatic carbocycles. The van der Waals surface area contributed by atoms with Crippen molar-refractivity contribution in [3.05, 3.63) is 53.3 Å². The Morgan fingerprint density at radius 1 is 1.10 bits per heavy atom. The Kier molecular flexibility index (Phi) is 7.95. The molecule has 0 amide bonds. The molecule has 0 saturated heterocycles. The number of hydrogen-bond donors (Lipinski definition) is 0. The van der Waals surface area contributed by atoms with Crippen molar-refractivity contribution in [2.75, 3.05) is 14.2 Å². The molecule has 3 nitrogen and oxygen atoms in total. The van der Waals surface area contributed by atoms with Gasteiger partial charge in [-0.2, -0.15) is 0 Å². The predicted octanol–water partition coefficient (Wildman–Crippen LogP) is 4.35. The maximum absolute atomic E-state index is 11.6. The summed E-state index contributed by atoms with van der Waals surface area (Å²) >= 11 is 0. The zero-order chi connectivity index (χ0) is 15.5. The first-order valence-corrected chi connectivity index (χ1v) is 7.30. The lowest BCUT2D eigenvalue weighted by Crippen LogP contribution is -2.06. The van der Waals surface area contributed by atoms with Crippen LogP contribution in [-0.2, 0) is 14.3 Å². The number of carbonyl (C=O) groups is 1. The normalized spacial score (nSPS) is 12.1. The second kappa shape index (κ2) is 9.81. The van der Waals surface area contributed by atoms with E-state index < -0.39 is 5.97 Å². The largest absolute Gasteiger partial charge is 0.490 e. The fourth-order valence-electron chi connectivity index (χ4n) is 2.00. The topological polar surface area (TPSA) is 35.5 Å². The van der Waals surface area contributed by atoms with Crippen LogP contribution in [0.5, 0.6) is 0 Å². The van der Waals surface area contributed by atoms with Crippen LogP contribution in [0.25, 0.3) is 6.08 Å². The Morgan fingerprint density at radius 3 is 2.38 bits per heavy atom. The maximum Gasteiger partial charge on any atom is 0.373 e. The van der Waals surface area contributed by atoms with E-state index >= 15 is 0 Å². The highest BCUT2D eigenvalue weighted by atomic mass is 16.6. The van der Waals surface area contributed by atoms with Crippen LogP contribution in [0.15, 0.2) is 47.7 Å². The molecule has 0 spiro atoms. The van der Waals surface area contributed by atoms with Gasteiger partial charge in [-0.3, -0.25) is 0 Å². The van der Waals surface area contributed by atoms with E-state index in [1.807, 2.05) is 30.3 Å². The van der Waals surface area contributed by atoms with Crippen LogP contribution >= 0.6 is 0 Å². The smallest absolute Gasteiger partial charge is 0.373 e. The Balaban J connectivity index is 2.98. The molecule has 0 aliphatic heterocycles. The summed E-state index contributed by atoms with van der Waals surface area (Å²) in [5, 5.41) is 0. The van der Waals surface area contributed by atoms with E-state index in [0.29, 0.717) is 0 Å². The maximum atomic E-state index is 11.6. The summed E-state index contributed by atoms with van der Waals surface area (Å²) in [7, 11) is 2.84. The molecule has 1 rings (SSSR count). The second-order valence-corrected chi connectivity index (χ2v) is 4.79. The van der Waals surface area contributed by atoms with Crippen molar-refractivity contribution >= 4 is 12.0 Å². The van der Waals surface area contributed by atoms with Gasteiger partial charge >= 0.3 is 5.97 Å². The van der Waals surface area contributed by atoms with E-state index in [1.165, 1.54) is 20.6 Å². The zero-order valence-corrected chi connectivity index (χ0v) is 13.1. The summed E-state index contributed by atoms with van der Waals surface area (Å²) in [5.41, 5.74) is 2.18. The van der Waals surface area contributed by atoms with Crippen molar-refractivity contribution in [2.45, 2.75) is 32.6 Å². The molecule has 0 N–H and O–H groups in total. The van der Waals surface area contributed by atoms with Crippen molar-refractivity contribution < 1.29 is 14.3 Å². The van der Waals surface area contributed by atoms with Crippen LogP contribution in [0.3, 0.4) is 0 Å². The van der Waals surface area contributed by atoms with Gasteiger partial charge in [-0.25, -0.2) is 4.79 Å². The molecule has 0 aliphatic rings. The minimum atomic E-state index is -0.452. The molecule has 114 valence electrons. The third-order valence-electron chi connectivity index (χ3n) is 3.14. The summed E-state index contributed by atoms with van der Waals surface area (Å²) in [6.45, 7) is 2.17. The summed E-state index contributed by atoms with van der Waals surface area (Å²) in [6, 6.07) is 10.1. The molecule has 0 atom stereocenters. The fourth-order valence-corrected chi connectivity index (χ4v) is 2.00. The number of rotatable bonds is 8. The molecule has 0 saturated carbocycles. The van der Waals surface area contributed by atoms with Gasteiger partial charge in [0, 0.05) is 0 Å². The van der Waals surface area contributed by atoms with E-state index in [9.17, 15) is 4.79 Å². The standard InChI is InChI=1S/C18H24O3/c1-4-5-7-12-16(13-15-10-8-6-9-11-15)14-17(20-2)18(19)21-3/h6,8-11,13-14H,4-5,7,12H2,1-3H3. The third kappa shape index (κ3) is 6.30. The fraction of sp³-hybridized carbons (Fsp3) is 0.389. The lowest BCUT2D eigenvalue weighted by Gasteiger charge is -2.07. The summed E-state index contributed by atoms with van der Waals surface area (Å²) in [6.07, 6.45) is 8.18. The highest BCUT2D eigenvalue weighted by Gasteiger charge is 2.10. The van der Waals surface area contributed by atoms with Crippen molar-refractivity contribution in [1.82, 2.24) is 0 Å². The Morgan fingerprint density at radius 2 is 1.81 bits per heavy atom. The molecule has 3 heteroatoms. The molecular weight excluding hydrogens is 264 g/mol. The van der Waals surface area contributed by atoms with Crippen LogP contribution in [0.2, 0.25) is 0 Å². The molecular formula is C18H24O3. The minimum Gasteiger partial charge on any atom is -0.490 e. The Labute approximate surface area is 127 Å². The van der Waals surface area contributed by atoms with Crippen molar-refractivity contribution in [1.29, 1.82) is 0 Å². The van der Waals surface area contributed by atoms with Gasteiger partial charge in [0.15, 0.2) is 0 Å². The van der Waals surface area contributed by atoms with E-state index in [0.717, 1.165) is 30.4 Å². The van der Waals surface area contributed by atoms with Gasteiger partial charge in [0.25, 0.3) is 0 Å². The van der Waals surface area contributed by atoms with E-state index in [2.05, 4.69) is 13.0 Å². The number of ether oxygens (including phenoxy) is 2. The SMILES string of the molecule is CCCCCC(=Cc1ccccc1)C=C(OC)C(=O)OC. The number of benzene rings is 1. The van der Waals surface area contributed by atoms with E-state index in [1.54, 1.807) is 6.08 Å². The zero-order valence-electron chi connectivity index (χ0n) is 13.1. The number of methoxy groups -OCH3 is 2. The number of unbranched alkanes of at least 4 members (excludes halogenated alkanes) is 2. The lowest BCUT2D eigenvalue weighted by molar-refractivity contribution is -0.139. The van der Waals surface area contributed by atoms with Crippen LogP contribution in [0.1, 0.15) is 38.2 Å². The minimum absolute atomic E-state index is 0.233. The van der Waals surface area contributed by atoms with Crippen LogP contribution in [0.4, 0.5) is 0 Å². The molecule has 0 unspecified atom stereocenters. The Bertz CT molecular complexity index is 486. The van der Waals surface area contributed by atoms with Crippen molar-refractivity contribution in [2.24, 2.45) is 0 Å². The van der Waals surface area contributed by atoms with Crippen LogP contribution < -0.4 is 0 Å². The molecule has 1 aromatic rings. The van der Waals surface area contributed by atoms with E-state index in [-0.39, 0.29) is 5.76 Å². The molecule has 0 heterocycles.